The van der Waals surface area contributed by atoms with Crippen molar-refractivity contribution in [3.63, 3.8) is 0 Å². The fraction of sp³-hybridized carbons (Fsp3) is 0.566. The number of phosphoric acid groups is 1. The number of hydrogen-bond acceptors (Lipinski definition) is 5. The van der Waals surface area contributed by atoms with Gasteiger partial charge in [0.05, 0.1) is 39.9 Å². The first-order valence-electron chi connectivity index (χ1n) is 23.6. The van der Waals surface area contributed by atoms with Gasteiger partial charge >= 0.3 is 7.82 Å². The first kappa shape index (κ1) is 58.6. The molecule has 3 atom stereocenters. The summed E-state index contributed by atoms with van der Waals surface area (Å²) in [6, 6.07) is -0.877. The van der Waals surface area contributed by atoms with Gasteiger partial charge in [0, 0.05) is 6.42 Å². The quantitative estimate of drug-likeness (QED) is 0.0245. The lowest BCUT2D eigenvalue weighted by molar-refractivity contribution is -0.870. The van der Waals surface area contributed by atoms with Crippen LogP contribution in [0, 0.1) is 0 Å². The number of nitrogens with zero attached hydrogens (tertiary/aromatic N) is 1. The maximum absolute atomic E-state index is 12.8. The van der Waals surface area contributed by atoms with Crippen LogP contribution in [0.1, 0.15) is 142 Å². The SMILES string of the molecule is CC/C=C\C/C=C\C/C=C\C/C=C\C/C=C\C/C=C\C/C=C\C/C=C\C/C=C\C/C=C\CCCCC(=O)NC(COP(=O)(O)OCC[N+](C)(C)C)C(O)/C=C/CCCCCCC. The molecule has 0 saturated heterocycles. The van der Waals surface area contributed by atoms with Gasteiger partial charge in [-0.25, -0.2) is 4.57 Å². The van der Waals surface area contributed by atoms with Gasteiger partial charge in [-0.05, 0) is 96.3 Å². The van der Waals surface area contributed by atoms with Crippen LogP contribution in [0.15, 0.2) is 134 Å². The van der Waals surface area contributed by atoms with Crippen LogP contribution in [-0.2, 0) is 18.4 Å². The van der Waals surface area contributed by atoms with E-state index in [4.69, 9.17) is 9.05 Å². The molecule has 0 aliphatic heterocycles. The minimum Gasteiger partial charge on any atom is -0.387 e. The molecule has 0 heterocycles. The highest BCUT2D eigenvalue weighted by molar-refractivity contribution is 7.47. The number of nitrogens with one attached hydrogen (secondary N) is 1. The monoisotopic (exact) mass is 880 g/mol. The van der Waals surface area contributed by atoms with Crippen molar-refractivity contribution >= 4 is 13.7 Å². The van der Waals surface area contributed by atoms with Crippen molar-refractivity contribution in [2.45, 2.75) is 154 Å². The highest BCUT2D eigenvalue weighted by atomic mass is 31.2. The third kappa shape index (κ3) is 44.7. The van der Waals surface area contributed by atoms with Crippen LogP contribution in [0.3, 0.4) is 0 Å². The number of carbonyl (C=O) groups is 1. The van der Waals surface area contributed by atoms with Crippen LogP contribution in [0.5, 0.6) is 0 Å². The lowest BCUT2D eigenvalue weighted by Crippen LogP contribution is -2.45. The summed E-state index contributed by atoms with van der Waals surface area (Å²) in [7, 11) is 1.51. The molecule has 0 bridgehead atoms. The topological polar surface area (TPSA) is 105 Å². The van der Waals surface area contributed by atoms with Crippen molar-refractivity contribution in [3.8, 4) is 0 Å². The molecule has 1 amide bonds. The number of hydrogen-bond donors (Lipinski definition) is 3. The lowest BCUT2D eigenvalue weighted by atomic mass is 10.1. The van der Waals surface area contributed by atoms with E-state index in [-0.39, 0.29) is 19.1 Å². The van der Waals surface area contributed by atoms with Crippen LogP contribution >= 0.6 is 7.82 Å². The molecular formula is C53H88N2O6P+. The largest absolute Gasteiger partial charge is 0.472 e. The fourth-order valence-electron chi connectivity index (χ4n) is 5.65. The third-order valence-corrected chi connectivity index (χ3v) is 10.4. The molecule has 0 aromatic rings. The maximum Gasteiger partial charge on any atom is 0.472 e. The Hall–Kier alpha value is -3.36. The molecule has 0 aliphatic carbocycles. The molecule has 0 saturated carbocycles. The molecule has 0 aromatic heterocycles. The Labute approximate surface area is 379 Å². The molecular weight excluding hydrogens is 792 g/mol. The smallest absolute Gasteiger partial charge is 0.387 e. The second kappa shape index (κ2) is 42.9. The number of allylic oxidation sites excluding steroid dienone is 21. The first-order chi connectivity index (χ1) is 30.0. The zero-order valence-corrected chi connectivity index (χ0v) is 40.4. The van der Waals surface area contributed by atoms with Gasteiger partial charge in [0.2, 0.25) is 5.91 Å². The van der Waals surface area contributed by atoms with Gasteiger partial charge in [0.15, 0.2) is 0 Å². The summed E-state index contributed by atoms with van der Waals surface area (Å²) < 4.78 is 23.4. The van der Waals surface area contributed by atoms with E-state index in [1.807, 2.05) is 27.2 Å². The minimum absolute atomic E-state index is 0.0443. The van der Waals surface area contributed by atoms with Crippen LogP contribution in [-0.4, -0.2) is 73.4 Å². The number of quaternary nitrogens is 1. The second-order valence-corrected chi connectivity index (χ2v) is 17.9. The summed E-state index contributed by atoms with van der Waals surface area (Å²) in [6.07, 6.45) is 65.6. The van der Waals surface area contributed by atoms with Gasteiger partial charge in [-0.3, -0.25) is 13.8 Å². The molecule has 0 rings (SSSR count). The fourth-order valence-corrected chi connectivity index (χ4v) is 6.39. The average Bonchev–Trinajstić information content (AvgIpc) is 3.23. The van der Waals surface area contributed by atoms with Crippen LogP contribution in [0.4, 0.5) is 0 Å². The molecule has 0 fully saturated rings. The second-order valence-electron chi connectivity index (χ2n) is 16.4. The van der Waals surface area contributed by atoms with E-state index in [1.54, 1.807) is 6.08 Å². The summed E-state index contributed by atoms with van der Waals surface area (Å²) in [5.74, 6) is -0.232. The van der Waals surface area contributed by atoms with Gasteiger partial charge in [0.25, 0.3) is 0 Å². The molecule has 0 radical (unpaired) electrons. The van der Waals surface area contributed by atoms with Crippen LogP contribution in [0.25, 0.3) is 0 Å². The molecule has 350 valence electrons. The number of rotatable bonds is 40. The molecule has 0 aromatic carbocycles. The van der Waals surface area contributed by atoms with Crippen molar-refractivity contribution in [2.75, 3.05) is 40.9 Å². The van der Waals surface area contributed by atoms with Gasteiger partial charge in [-0.2, -0.15) is 0 Å². The highest BCUT2D eigenvalue weighted by Gasteiger charge is 2.27. The zero-order chi connectivity index (χ0) is 45.7. The van der Waals surface area contributed by atoms with Crippen molar-refractivity contribution in [1.29, 1.82) is 0 Å². The van der Waals surface area contributed by atoms with Crippen molar-refractivity contribution in [1.82, 2.24) is 5.32 Å². The Morgan fingerprint density at radius 2 is 0.968 bits per heavy atom. The van der Waals surface area contributed by atoms with E-state index in [0.717, 1.165) is 96.3 Å². The van der Waals surface area contributed by atoms with E-state index in [2.05, 4.69) is 141 Å². The number of unbranched alkanes of at least 4 members (excludes halogenated alkanes) is 7. The molecule has 3 N–H and O–H groups in total. The summed E-state index contributed by atoms with van der Waals surface area (Å²) in [6.45, 7) is 4.56. The van der Waals surface area contributed by atoms with Gasteiger partial charge < -0.3 is 19.8 Å². The Morgan fingerprint density at radius 1 is 0.565 bits per heavy atom. The van der Waals surface area contributed by atoms with E-state index in [1.165, 1.54) is 19.3 Å². The molecule has 8 nitrogen and oxygen atoms in total. The van der Waals surface area contributed by atoms with Gasteiger partial charge in [-0.15, -0.1) is 0 Å². The maximum atomic E-state index is 12.8. The molecule has 9 heteroatoms. The normalized spacial score (nSPS) is 15.4. The summed E-state index contributed by atoms with van der Waals surface area (Å²) >= 11 is 0. The number of likely N-dealkylation sites (N-methyl/N-ethyl adjacent to an activating group) is 1. The Kier molecular flexibility index (Phi) is 40.6. The van der Waals surface area contributed by atoms with Crippen molar-refractivity contribution < 1.29 is 32.9 Å². The highest BCUT2D eigenvalue weighted by Crippen LogP contribution is 2.43. The number of aliphatic hydroxyl groups is 1. The number of aliphatic hydroxyl groups excluding tert-OH is 1. The summed E-state index contributed by atoms with van der Waals surface area (Å²) in [5, 5.41) is 13.7. The van der Waals surface area contributed by atoms with E-state index < -0.39 is 20.0 Å². The number of carbonyl (C=O) groups excluding carboxylic acids is 1. The lowest BCUT2D eigenvalue weighted by Gasteiger charge is -2.25. The van der Waals surface area contributed by atoms with Crippen LogP contribution in [0.2, 0.25) is 0 Å². The Morgan fingerprint density at radius 3 is 1.40 bits per heavy atom. The van der Waals surface area contributed by atoms with Crippen molar-refractivity contribution in [3.05, 3.63) is 134 Å². The summed E-state index contributed by atoms with van der Waals surface area (Å²) in [4.78, 5) is 23.0. The van der Waals surface area contributed by atoms with Crippen LogP contribution < -0.4 is 5.32 Å². The molecule has 3 unspecified atom stereocenters. The third-order valence-electron chi connectivity index (χ3n) is 9.38. The minimum atomic E-state index is -4.35. The average molecular weight is 880 g/mol. The van der Waals surface area contributed by atoms with Gasteiger partial charge in [0.1, 0.15) is 13.2 Å². The molecule has 0 spiro atoms. The standard InChI is InChI=1S/C53H87N2O6P/c1-6-8-10-12-14-15-16-17-18-19-20-21-22-23-24-25-26-27-28-29-30-31-32-33-34-35-36-37-38-39-41-43-45-47-53(57)54-51(52(56)46-44-42-40-13-11-9-7-2)50-61-62(58,59)60-49-48-55(3,4)5/h8,10,14-15,17-18,20-21,23-24,26-27,29-30,32-33,35-36,38-39,44,46,51-52,56H,6-7,9,11-13,16,19,22,25,28,31,34,37,40-43,45,47-50H2,1-5H3,(H-,54,57,58,59)/p+1/b10-8-,15-14-,18-17-,21-20-,24-23-,27-26-,30-29-,33-32-,36-35-,39-38-,46-44+. The molecule has 62 heavy (non-hydrogen) atoms. The Balaban J connectivity index is 4.24. The van der Waals surface area contributed by atoms with E-state index in [0.29, 0.717) is 23.9 Å². The predicted molar refractivity (Wildman–Crippen MR) is 267 cm³/mol. The van der Waals surface area contributed by atoms with Gasteiger partial charge in [-0.1, -0.05) is 173 Å². The molecule has 0 aliphatic rings. The first-order valence-corrected chi connectivity index (χ1v) is 25.1. The number of phosphoric ester groups is 1. The van der Waals surface area contributed by atoms with E-state index in [9.17, 15) is 19.4 Å². The predicted octanol–water partition coefficient (Wildman–Crippen LogP) is 13.6. The van der Waals surface area contributed by atoms with Crippen molar-refractivity contribution in [2.24, 2.45) is 0 Å². The summed E-state index contributed by atoms with van der Waals surface area (Å²) in [5.41, 5.74) is 0. The Bertz CT molecular complexity index is 1460. The van der Waals surface area contributed by atoms with E-state index >= 15 is 0 Å². The number of amides is 1. The zero-order valence-electron chi connectivity index (χ0n) is 39.5.